The Morgan fingerprint density at radius 3 is 2.73 bits per heavy atom. The van der Waals surface area contributed by atoms with Gasteiger partial charge in [0.15, 0.2) is 0 Å². The van der Waals surface area contributed by atoms with Crippen molar-refractivity contribution in [1.29, 1.82) is 0 Å². The lowest BCUT2D eigenvalue weighted by atomic mass is 10.1. The first kappa shape index (κ1) is 18.1. The maximum absolute atomic E-state index is 12.6. The van der Waals surface area contributed by atoms with Crippen molar-refractivity contribution >= 4 is 24.4 Å². The number of nitro benzene ring substituents is 1. The zero-order valence-corrected chi connectivity index (χ0v) is 14.9. The first-order valence-electron chi connectivity index (χ1n) is 7.93. The van der Waals surface area contributed by atoms with Crippen molar-refractivity contribution < 1.29 is 14.5 Å². The predicted molar refractivity (Wildman–Crippen MR) is 96.1 cm³/mol. The third kappa shape index (κ3) is 3.32. The van der Waals surface area contributed by atoms with E-state index in [2.05, 4.69) is 17.6 Å². The van der Waals surface area contributed by atoms with Gasteiger partial charge in [0, 0.05) is 42.7 Å². The lowest BCUT2D eigenvalue weighted by Gasteiger charge is -2.34. The number of hydrogen-bond acceptors (Lipinski definition) is 6. The maximum atomic E-state index is 12.6. The van der Waals surface area contributed by atoms with Crippen LogP contribution < -0.4 is 5.69 Å². The molecule has 26 heavy (non-hydrogen) atoms. The molecule has 0 radical (unpaired) electrons. The Balaban J connectivity index is 1.73. The number of thiol groups is 1. The summed E-state index contributed by atoms with van der Waals surface area (Å²) < 4.78 is 6.81. The van der Waals surface area contributed by atoms with E-state index in [-0.39, 0.29) is 23.2 Å². The Bertz CT molecular complexity index is 877. The van der Waals surface area contributed by atoms with Gasteiger partial charge in [-0.2, -0.15) is 12.6 Å². The van der Waals surface area contributed by atoms with Gasteiger partial charge in [0.2, 0.25) is 0 Å². The minimum atomic E-state index is -0.879. The first-order valence-corrected chi connectivity index (χ1v) is 8.45. The molecule has 1 saturated heterocycles. The Hall–Kier alpha value is -2.75. The lowest BCUT2D eigenvalue weighted by molar-refractivity contribution is -0.384. The van der Waals surface area contributed by atoms with Crippen molar-refractivity contribution in [2.45, 2.75) is 30.9 Å². The van der Waals surface area contributed by atoms with Gasteiger partial charge in [-0.25, -0.2) is 9.59 Å². The normalized spacial score (nSPS) is 22.4. The monoisotopic (exact) mass is 378 g/mol. The van der Waals surface area contributed by atoms with E-state index in [4.69, 9.17) is 4.74 Å². The van der Waals surface area contributed by atoms with Crippen LogP contribution in [0.25, 0.3) is 0 Å². The second kappa shape index (κ2) is 6.87. The van der Waals surface area contributed by atoms with Gasteiger partial charge in [-0.15, -0.1) is 0 Å². The number of ether oxygens (including phenoxy) is 1. The number of likely N-dealkylation sites (tertiary alicyclic amines) is 1. The van der Waals surface area contributed by atoms with E-state index in [0.29, 0.717) is 18.5 Å². The van der Waals surface area contributed by atoms with E-state index < -0.39 is 16.7 Å². The summed E-state index contributed by atoms with van der Waals surface area (Å²) >= 11 is 4.45. The third-order valence-electron chi connectivity index (χ3n) is 4.50. The number of aromatic amines is 1. The van der Waals surface area contributed by atoms with Crippen LogP contribution in [-0.2, 0) is 17.0 Å². The van der Waals surface area contributed by atoms with Crippen LogP contribution in [0.15, 0.2) is 41.5 Å². The van der Waals surface area contributed by atoms with Gasteiger partial charge in [0.25, 0.3) is 5.69 Å². The Labute approximate surface area is 154 Å². The molecule has 1 aliphatic rings. The number of carbonyl (C=O) groups excluding carboxylic acids is 1. The van der Waals surface area contributed by atoms with Crippen molar-refractivity contribution in [1.82, 2.24) is 14.5 Å². The summed E-state index contributed by atoms with van der Waals surface area (Å²) in [6.07, 6.45) is 3.03. The van der Waals surface area contributed by atoms with E-state index in [9.17, 15) is 19.7 Å². The minimum Gasteiger partial charge on any atom is -0.444 e. The molecule has 1 aromatic heterocycles. The van der Waals surface area contributed by atoms with Gasteiger partial charge in [0.05, 0.1) is 4.92 Å². The lowest BCUT2D eigenvalue weighted by Crippen LogP contribution is -2.50. The molecule has 2 aromatic rings. The van der Waals surface area contributed by atoms with E-state index >= 15 is 0 Å². The number of nitrogens with one attached hydrogen (secondary N) is 1. The molecule has 0 unspecified atom stereocenters. The number of hydrogen-bond donors (Lipinski definition) is 2. The highest BCUT2D eigenvalue weighted by molar-refractivity contribution is 7.81. The number of aromatic nitrogens is 2. The highest BCUT2D eigenvalue weighted by atomic mass is 32.1. The molecule has 1 aromatic carbocycles. The molecule has 1 fully saturated rings. The summed E-state index contributed by atoms with van der Waals surface area (Å²) in [4.78, 5) is 38.8. The highest BCUT2D eigenvalue weighted by Crippen LogP contribution is 2.35. The van der Waals surface area contributed by atoms with Gasteiger partial charge >= 0.3 is 11.8 Å². The Morgan fingerprint density at radius 2 is 2.15 bits per heavy atom. The fourth-order valence-corrected chi connectivity index (χ4v) is 3.67. The van der Waals surface area contributed by atoms with E-state index in [1.54, 1.807) is 13.1 Å². The molecular formula is C16H18N4O5S. The summed E-state index contributed by atoms with van der Waals surface area (Å²) in [6.45, 7) is 2.10. The Kier molecular flexibility index (Phi) is 4.77. The number of nitrogens with zero attached hydrogens (tertiary/aromatic N) is 3. The van der Waals surface area contributed by atoms with Gasteiger partial charge < -0.3 is 9.72 Å². The van der Waals surface area contributed by atoms with Gasteiger partial charge in [-0.1, -0.05) is 0 Å². The summed E-state index contributed by atoms with van der Waals surface area (Å²) in [6, 6.07) is 5.78. The van der Waals surface area contributed by atoms with Crippen LogP contribution in [0.1, 0.15) is 18.9 Å². The largest absolute Gasteiger partial charge is 0.444 e. The maximum Gasteiger partial charge on any atom is 0.412 e. The minimum absolute atomic E-state index is 0.0251. The fraction of sp³-hybridized carbons (Fsp3) is 0.375. The molecule has 2 atom stereocenters. The number of carbonyl (C=O) groups is 1. The standard InChI is InChI=1S/C16H18N4O5S/c1-16(18-7-6-17-14(18)21)8-13(26)9-19(16)15(22)25-10-11-2-4-12(5-3-11)20(23)24/h2-7,13,26H,8-10H2,1H3,(H,17,21)/t13-,16-/m0/s1. The average molecular weight is 378 g/mol. The van der Waals surface area contributed by atoms with Crippen LogP contribution in [0.5, 0.6) is 0 Å². The van der Waals surface area contributed by atoms with E-state index in [1.807, 2.05) is 0 Å². The molecule has 2 heterocycles. The van der Waals surface area contributed by atoms with Crippen molar-refractivity contribution in [3.05, 3.63) is 62.8 Å². The summed E-state index contributed by atoms with van der Waals surface area (Å²) in [5, 5.41) is 10.6. The topological polar surface area (TPSA) is 110 Å². The quantitative estimate of drug-likeness (QED) is 0.481. The smallest absolute Gasteiger partial charge is 0.412 e. The van der Waals surface area contributed by atoms with E-state index in [1.165, 1.54) is 39.9 Å². The fourth-order valence-electron chi connectivity index (χ4n) is 3.16. The number of benzene rings is 1. The molecule has 0 bridgehead atoms. The number of nitro groups is 1. The van der Waals surface area contributed by atoms with Crippen LogP contribution in [0.2, 0.25) is 0 Å². The first-order chi connectivity index (χ1) is 12.3. The SMILES string of the molecule is C[C@@]1(n2cc[nH]c2=O)C[C@H](S)CN1C(=O)OCc1ccc([N+](=O)[O-])cc1. The molecule has 3 rings (SSSR count). The average Bonchev–Trinajstić information content (AvgIpc) is 3.16. The van der Waals surface area contributed by atoms with Crippen LogP contribution in [-0.4, -0.2) is 37.3 Å². The van der Waals surface area contributed by atoms with Crippen molar-refractivity contribution in [2.24, 2.45) is 0 Å². The number of rotatable bonds is 4. The van der Waals surface area contributed by atoms with Crippen LogP contribution in [0, 0.1) is 10.1 Å². The molecule has 0 spiro atoms. The molecule has 1 N–H and O–H groups in total. The van der Waals surface area contributed by atoms with Crippen LogP contribution >= 0.6 is 12.6 Å². The van der Waals surface area contributed by atoms with Crippen LogP contribution in [0.3, 0.4) is 0 Å². The summed E-state index contributed by atoms with van der Waals surface area (Å²) in [7, 11) is 0. The van der Waals surface area contributed by atoms with Crippen molar-refractivity contribution in [3.8, 4) is 0 Å². The van der Waals surface area contributed by atoms with Crippen LogP contribution in [0.4, 0.5) is 10.5 Å². The summed E-state index contributed by atoms with van der Waals surface area (Å²) in [5.41, 5.74) is -0.595. The predicted octanol–water partition coefficient (Wildman–Crippen LogP) is 2.10. The molecule has 0 saturated carbocycles. The number of imidazole rings is 1. The molecule has 1 aliphatic heterocycles. The van der Waals surface area contributed by atoms with Gasteiger partial charge in [0.1, 0.15) is 12.3 Å². The highest BCUT2D eigenvalue weighted by Gasteiger charge is 2.46. The van der Waals surface area contributed by atoms with Gasteiger partial charge in [-0.3, -0.25) is 19.6 Å². The number of H-pyrrole nitrogens is 1. The number of non-ortho nitro benzene ring substituents is 1. The van der Waals surface area contributed by atoms with Crippen molar-refractivity contribution in [2.75, 3.05) is 6.54 Å². The second-order valence-electron chi connectivity index (χ2n) is 6.30. The zero-order chi connectivity index (χ0) is 18.9. The zero-order valence-electron chi connectivity index (χ0n) is 14.0. The Morgan fingerprint density at radius 1 is 1.46 bits per heavy atom. The second-order valence-corrected chi connectivity index (χ2v) is 7.03. The number of amides is 1. The molecular weight excluding hydrogens is 360 g/mol. The van der Waals surface area contributed by atoms with Gasteiger partial charge in [-0.05, 0) is 24.6 Å². The molecule has 10 heteroatoms. The molecule has 138 valence electrons. The van der Waals surface area contributed by atoms with Crippen molar-refractivity contribution in [3.63, 3.8) is 0 Å². The van der Waals surface area contributed by atoms with E-state index in [0.717, 1.165) is 0 Å². The molecule has 0 aliphatic carbocycles. The molecule has 1 amide bonds. The third-order valence-corrected chi connectivity index (χ3v) is 4.84. The summed E-state index contributed by atoms with van der Waals surface area (Å²) in [5.74, 6) is 0. The molecule has 9 nitrogen and oxygen atoms in total.